The quantitative estimate of drug-likeness (QED) is 0.889. The van der Waals surface area contributed by atoms with Gasteiger partial charge in [-0.25, -0.2) is 15.0 Å². The lowest BCUT2D eigenvalue weighted by atomic mass is 10.3. The van der Waals surface area contributed by atoms with Gasteiger partial charge in [0.15, 0.2) is 11.6 Å². The number of nitrogen functional groups attached to an aromatic ring is 1. The Hall–Kier alpha value is -2.37. The van der Waals surface area contributed by atoms with Gasteiger partial charge in [0.25, 0.3) is 0 Å². The molecule has 3 rings (SSSR count). The molecule has 0 atom stereocenters. The molecule has 1 aliphatic heterocycles. The van der Waals surface area contributed by atoms with Crippen molar-refractivity contribution < 1.29 is 0 Å². The molecule has 0 bridgehead atoms. The molecule has 0 aliphatic carbocycles. The highest BCUT2D eigenvalue weighted by Crippen LogP contribution is 2.30. The van der Waals surface area contributed by atoms with Crippen LogP contribution in [0.25, 0.3) is 0 Å². The van der Waals surface area contributed by atoms with Gasteiger partial charge in [-0.3, -0.25) is 0 Å². The van der Waals surface area contributed by atoms with Crippen LogP contribution in [-0.2, 0) is 0 Å². The van der Waals surface area contributed by atoms with E-state index in [0.717, 1.165) is 30.3 Å². The molecule has 6 heteroatoms. The predicted octanol–water partition coefficient (Wildman–Crippen LogP) is 2.11. The first-order valence-corrected chi connectivity index (χ1v) is 6.80. The summed E-state index contributed by atoms with van der Waals surface area (Å²) in [5, 5.41) is 3.19. The SMILES string of the molecule is Cc1cccnc1Nc1ncnc(N2CCCC2)c1N. The summed E-state index contributed by atoms with van der Waals surface area (Å²) >= 11 is 0. The average Bonchev–Trinajstić information content (AvgIpc) is 2.97. The van der Waals surface area contributed by atoms with Crippen LogP contribution in [0.4, 0.5) is 23.1 Å². The Bertz CT molecular complexity index is 606. The summed E-state index contributed by atoms with van der Waals surface area (Å²) in [5.74, 6) is 2.20. The number of hydrogen-bond acceptors (Lipinski definition) is 6. The number of nitrogens with two attached hydrogens (primary N) is 1. The second kappa shape index (κ2) is 5.32. The Morgan fingerprint density at radius 3 is 2.70 bits per heavy atom. The topological polar surface area (TPSA) is 80.0 Å². The lowest BCUT2D eigenvalue weighted by molar-refractivity contribution is 0.931. The fourth-order valence-electron chi connectivity index (χ4n) is 2.40. The van der Waals surface area contributed by atoms with Gasteiger partial charge in [0.2, 0.25) is 0 Å². The number of rotatable bonds is 3. The molecule has 2 aromatic rings. The molecule has 1 aliphatic rings. The Morgan fingerprint density at radius 1 is 1.15 bits per heavy atom. The number of anilines is 4. The van der Waals surface area contributed by atoms with Gasteiger partial charge in [-0.05, 0) is 31.4 Å². The lowest BCUT2D eigenvalue weighted by Gasteiger charge is -2.19. The van der Waals surface area contributed by atoms with Gasteiger partial charge in [-0.15, -0.1) is 0 Å². The zero-order valence-corrected chi connectivity index (χ0v) is 11.5. The number of aromatic nitrogens is 3. The molecule has 0 amide bonds. The van der Waals surface area contributed by atoms with Gasteiger partial charge in [-0.2, -0.15) is 0 Å². The molecule has 2 aromatic heterocycles. The van der Waals surface area contributed by atoms with E-state index in [9.17, 15) is 0 Å². The third-order valence-electron chi connectivity index (χ3n) is 3.51. The van der Waals surface area contributed by atoms with Crippen molar-refractivity contribution in [1.82, 2.24) is 15.0 Å². The predicted molar refractivity (Wildman–Crippen MR) is 80.1 cm³/mol. The van der Waals surface area contributed by atoms with E-state index in [1.165, 1.54) is 12.8 Å². The van der Waals surface area contributed by atoms with Crippen molar-refractivity contribution in [3.8, 4) is 0 Å². The van der Waals surface area contributed by atoms with Crippen LogP contribution in [0.1, 0.15) is 18.4 Å². The van der Waals surface area contributed by atoms with Crippen LogP contribution < -0.4 is 16.0 Å². The van der Waals surface area contributed by atoms with Crippen LogP contribution in [-0.4, -0.2) is 28.0 Å². The molecule has 0 aromatic carbocycles. The smallest absolute Gasteiger partial charge is 0.160 e. The van der Waals surface area contributed by atoms with E-state index in [1.54, 1.807) is 12.5 Å². The summed E-state index contributed by atoms with van der Waals surface area (Å²) < 4.78 is 0. The van der Waals surface area contributed by atoms with Crippen LogP contribution in [0, 0.1) is 6.92 Å². The zero-order valence-electron chi connectivity index (χ0n) is 11.5. The van der Waals surface area contributed by atoms with E-state index in [4.69, 9.17) is 5.73 Å². The standard InChI is InChI=1S/C14H18N6/c1-10-5-4-6-16-12(10)19-13-11(15)14(18-9-17-13)20-7-2-3-8-20/h4-6,9H,2-3,7-8,15H2,1H3,(H,16,17,18,19). The summed E-state index contributed by atoms with van der Waals surface area (Å²) in [4.78, 5) is 15.1. The number of nitrogens with one attached hydrogen (secondary N) is 1. The number of aryl methyl sites for hydroxylation is 1. The minimum absolute atomic E-state index is 0.583. The Morgan fingerprint density at radius 2 is 1.95 bits per heavy atom. The summed E-state index contributed by atoms with van der Waals surface area (Å²) in [5.41, 5.74) is 7.84. The molecule has 20 heavy (non-hydrogen) atoms. The van der Waals surface area contributed by atoms with Gasteiger partial charge in [0.1, 0.15) is 17.8 Å². The molecule has 0 unspecified atom stereocenters. The Labute approximate surface area is 118 Å². The second-order valence-corrected chi connectivity index (χ2v) is 4.95. The Kier molecular flexibility index (Phi) is 3.37. The largest absolute Gasteiger partial charge is 0.393 e. The second-order valence-electron chi connectivity index (χ2n) is 4.95. The van der Waals surface area contributed by atoms with Gasteiger partial charge >= 0.3 is 0 Å². The number of pyridine rings is 1. The fourth-order valence-corrected chi connectivity index (χ4v) is 2.40. The minimum atomic E-state index is 0.583. The third kappa shape index (κ3) is 2.36. The molecular formula is C14H18N6. The first kappa shape index (κ1) is 12.7. The van der Waals surface area contributed by atoms with Crippen molar-refractivity contribution in [3.63, 3.8) is 0 Å². The van der Waals surface area contributed by atoms with E-state index < -0.39 is 0 Å². The normalized spacial score (nSPS) is 14.6. The van der Waals surface area contributed by atoms with E-state index >= 15 is 0 Å². The van der Waals surface area contributed by atoms with Crippen LogP contribution in [0.15, 0.2) is 24.7 Å². The molecular weight excluding hydrogens is 252 g/mol. The first-order valence-electron chi connectivity index (χ1n) is 6.80. The third-order valence-corrected chi connectivity index (χ3v) is 3.51. The maximum atomic E-state index is 6.20. The first-order chi connectivity index (χ1) is 9.75. The maximum absolute atomic E-state index is 6.20. The summed E-state index contributed by atoms with van der Waals surface area (Å²) in [6, 6.07) is 3.90. The highest BCUT2D eigenvalue weighted by atomic mass is 15.2. The number of hydrogen-bond donors (Lipinski definition) is 2. The van der Waals surface area contributed by atoms with Gasteiger partial charge in [0.05, 0.1) is 0 Å². The molecule has 0 saturated carbocycles. The van der Waals surface area contributed by atoms with Crippen molar-refractivity contribution in [3.05, 3.63) is 30.2 Å². The highest BCUT2D eigenvalue weighted by Gasteiger charge is 2.18. The minimum Gasteiger partial charge on any atom is -0.393 e. The lowest BCUT2D eigenvalue weighted by Crippen LogP contribution is -2.21. The van der Waals surface area contributed by atoms with Crippen LogP contribution in [0.3, 0.4) is 0 Å². The molecule has 3 N–H and O–H groups in total. The van der Waals surface area contributed by atoms with Crippen molar-refractivity contribution in [2.45, 2.75) is 19.8 Å². The van der Waals surface area contributed by atoms with Crippen LogP contribution >= 0.6 is 0 Å². The molecule has 104 valence electrons. The monoisotopic (exact) mass is 270 g/mol. The van der Waals surface area contributed by atoms with Crippen molar-refractivity contribution in [1.29, 1.82) is 0 Å². The van der Waals surface area contributed by atoms with Crippen LogP contribution in [0.5, 0.6) is 0 Å². The summed E-state index contributed by atoms with van der Waals surface area (Å²) in [7, 11) is 0. The molecule has 0 spiro atoms. The van der Waals surface area contributed by atoms with E-state index in [1.807, 2.05) is 19.1 Å². The van der Waals surface area contributed by atoms with Crippen LogP contribution in [0.2, 0.25) is 0 Å². The van der Waals surface area contributed by atoms with E-state index in [2.05, 4.69) is 25.2 Å². The van der Waals surface area contributed by atoms with E-state index in [-0.39, 0.29) is 0 Å². The fraction of sp³-hybridized carbons (Fsp3) is 0.357. The summed E-state index contributed by atoms with van der Waals surface area (Å²) in [6.45, 7) is 4.00. The molecule has 0 radical (unpaired) electrons. The highest BCUT2D eigenvalue weighted by molar-refractivity contribution is 5.78. The molecule has 1 fully saturated rings. The maximum Gasteiger partial charge on any atom is 0.160 e. The van der Waals surface area contributed by atoms with Crippen molar-refractivity contribution in [2.24, 2.45) is 0 Å². The molecule has 3 heterocycles. The van der Waals surface area contributed by atoms with E-state index in [0.29, 0.717) is 11.5 Å². The van der Waals surface area contributed by atoms with Gasteiger partial charge < -0.3 is 16.0 Å². The van der Waals surface area contributed by atoms with Gasteiger partial charge in [-0.1, -0.05) is 6.07 Å². The zero-order chi connectivity index (χ0) is 13.9. The average molecular weight is 270 g/mol. The molecule has 1 saturated heterocycles. The Balaban J connectivity index is 1.90. The van der Waals surface area contributed by atoms with Crippen molar-refractivity contribution in [2.75, 3.05) is 29.0 Å². The van der Waals surface area contributed by atoms with Gasteiger partial charge in [0, 0.05) is 19.3 Å². The number of nitrogens with zero attached hydrogens (tertiary/aromatic N) is 4. The van der Waals surface area contributed by atoms with Crippen molar-refractivity contribution >= 4 is 23.1 Å². The molecule has 6 nitrogen and oxygen atoms in total. The summed E-state index contributed by atoms with van der Waals surface area (Å²) in [6.07, 6.45) is 5.66.